The van der Waals surface area contributed by atoms with Gasteiger partial charge in [-0.2, -0.15) is 0 Å². The number of rotatable bonds is 3. The van der Waals surface area contributed by atoms with Crippen molar-refractivity contribution >= 4 is 23.6 Å². The Hall–Kier alpha value is -0.750. The lowest BCUT2D eigenvalue weighted by Gasteiger charge is -2.28. The summed E-state index contributed by atoms with van der Waals surface area (Å²) in [4.78, 5) is 28.3. The number of nitrogens with zero attached hydrogens (tertiary/aromatic N) is 2. The summed E-state index contributed by atoms with van der Waals surface area (Å²) in [6.45, 7) is 5.40. The van der Waals surface area contributed by atoms with Gasteiger partial charge < -0.3 is 15.1 Å². The van der Waals surface area contributed by atoms with Crippen molar-refractivity contribution in [2.24, 2.45) is 0 Å². The summed E-state index contributed by atoms with van der Waals surface area (Å²) in [7, 11) is 0. The summed E-state index contributed by atoms with van der Waals surface area (Å²) >= 11 is 1.68. The van der Waals surface area contributed by atoms with Crippen molar-refractivity contribution in [2.45, 2.75) is 32.2 Å². The number of carbonyl (C=O) groups is 2. The van der Waals surface area contributed by atoms with Gasteiger partial charge in [-0.1, -0.05) is 6.92 Å². The van der Waals surface area contributed by atoms with E-state index in [0.717, 1.165) is 44.8 Å². The molecular weight excluding hydrogens is 262 g/mol. The van der Waals surface area contributed by atoms with Gasteiger partial charge in [0.1, 0.15) is 6.04 Å². The van der Waals surface area contributed by atoms with Gasteiger partial charge in [0.15, 0.2) is 0 Å². The standard InChI is InChI=1S/C13H23N3O2S/c1-2-4-12(17)16-10-19-9-11(16)13(18)15-7-3-5-14-6-8-15/h11,14H,2-10H2,1H3. The van der Waals surface area contributed by atoms with Crippen LogP contribution < -0.4 is 5.32 Å². The van der Waals surface area contributed by atoms with Gasteiger partial charge in [0.05, 0.1) is 5.88 Å². The van der Waals surface area contributed by atoms with E-state index in [-0.39, 0.29) is 17.9 Å². The molecular formula is C13H23N3O2S. The van der Waals surface area contributed by atoms with Crippen LogP contribution in [0.25, 0.3) is 0 Å². The number of hydrogen-bond donors (Lipinski definition) is 1. The molecule has 0 saturated carbocycles. The molecule has 2 aliphatic rings. The second-order valence-electron chi connectivity index (χ2n) is 5.06. The summed E-state index contributed by atoms with van der Waals surface area (Å²) in [5, 5.41) is 3.30. The van der Waals surface area contributed by atoms with E-state index in [9.17, 15) is 9.59 Å². The number of carbonyl (C=O) groups excluding carboxylic acids is 2. The maximum Gasteiger partial charge on any atom is 0.246 e. The summed E-state index contributed by atoms with van der Waals surface area (Å²) in [5.41, 5.74) is 0. The molecule has 0 aromatic rings. The lowest BCUT2D eigenvalue weighted by atomic mass is 10.2. The Kier molecular flexibility index (Phi) is 5.51. The Balaban J connectivity index is 1.98. The topological polar surface area (TPSA) is 52.7 Å². The van der Waals surface area contributed by atoms with Crippen LogP contribution in [-0.2, 0) is 9.59 Å². The third-order valence-electron chi connectivity index (χ3n) is 3.60. The van der Waals surface area contributed by atoms with Crippen molar-refractivity contribution in [3.63, 3.8) is 0 Å². The molecule has 2 saturated heterocycles. The highest BCUT2D eigenvalue weighted by atomic mass is 32.2. The maximum atomic E-state index is 12.6. The Bertz CT molecular complexity index is 330. The third kappa shape index (κ3) is 3.63. The number of amides is 2. The van der Waals surface area contributed by atoms with E-state index < -0.39 is 0 Å². The Morgan fingerprint density at radius 1 is 1.32 bits per heavy atom. The molecule has 0 aromatic heterocycles. The largest absolute Gasteiger partial charge is 0.340 e. The summed E-state index contributed by atoms with van der Waals surface area (Å²) < 4.78 is 0. The van der Waals surface area contributed by atoms with Crippen molar-refractivity contribution in [2.75, 3.05) is 37.8 Å². The van der Waals surface area contributed by atoms with Crippen molar-refractivity contribution < 1.29 is 9.59 Å². The molecule has 0 radical (unpaired) electrons. The first-order chi connectivity index (χ1) is 9.24. The van der Waals surface area contributed by atoms with Crippen LogP contribution in [0.5, 0.6) is 0 Å². The molecule has 2 amide bonds. The first-order valence-electron chi connectivity index (χ1n) is 7.10. The molecule has 2 rings (SSSR count). The van der Waals surface area contributed by atoms with Crippen LogP contribution in [0.4, 0.5) is 0 Å². The van der Waals surface area contributed by atoms with Gasteiger partial charge in [-0.05, 0) is 19.4 Å². The zero-order chi connectivity index (χ0) is 13.7. The van der Waals surface area contributed by atoms with Crippen molar-refractivity contribution in [3.05, 3.63) is 0 Å². The molecule has 1 unspecified atom stereocenters. The van der Waals surface area contributed by atoms with Crippen LogP contribution in [0, 0.1) is 0 Å². The highest BCUT2D eigenvalue weighted by Gasteiger charge is 2.36. The number of hydrogen-bond acceptors (Lipinski definition) is 4. The Morgan fingerprint density at radius 3 is 2.95 bits per heavy atom. The van der Waals surface area contributed by atoms with Crippen LogP contribution in [0.3, 0.4) is 0 Å². The van der Waals surface area contributed by atoms with Gasteiger partial charge in [0.25, 0.3) is 0 Å². The van der Waals surface area contributed by atoms with Gasteiger partial charge in [0, 0.05) is 31.8 Å². The molecule has 19 heavy (non-hydrogen) atoms. The molecule has 1 atom stereocenters. The molecule has 0 spiro atoms. The Labute approximate surface area is 119 Å². The van der Waals surface area contributed by atoms with Crippen LogP contribution in [0.1, 0.15) is 26.2 Å². The molecule has 2 fully saturated rings. The van der Waals surface area contributed by atoms with Gasteiger partial charge in [-0.3, -0.25) is 9.59 Å². The molecule has 6 heteroatoms. The van der Waals surface area contributed by atoms with Crippen LogP contribution in [0.15, 0.2) is 0 Å². The fourth-order valence-electron chi connectivity index (χ4n) is 2.53. The van der Waals surface area contributed by atoms with E-state index in [1.807, 2.05) is 11.8 Å². The second kappa shape index (κ2) is 7.14. The minimum Gasteiger partial charge on any atom is -0.340 e. The minimum atomic E-state index is -0.234. The molecule has 0 aliphatic carbocycles. The van der Waals surface area contributed by atoms with E-state index in [1.54, 1.807) is 16.7 Å². The predicted molar refractivity (Wildman–Crippen MR) is 76.9 cm³/mol. The monoisotopic (exact) mass is 285 g/mol. The van der Waals surface area contributed by atoms with E-state index in [0.29, 0.717) is 12.3 Å². The number of nitrogens with one attached hydrogen (secondary N) is 1. The average Bonchev–Trinajstić information content (AvgIpc) is 2.73. The van der Waals surface area contributed by atoms with E-state index in [1.165, 1.54) is 0 Å². The molecule has 0 bridgehead atoms. The third-order valence-corrected chi connectivity index (χ3v) is 4.62. The first kappa shape index (κ1) is 14.7. The molecule has 1 N–H and O–H groups in total. The van der Waals surface area contributed by atoms with Crippen LogP contribution >= 0.6 is 11.8 Å². The average molecular weight is 285 g/mol. The quantitative estimate of drug-likeness (QED) is 0.821. The smallest absolute Gasteiger partial charge is 0.246 e. The number of thioether (sulfide) groups is 1. The van der Waals surface area contributed by atoms with Crippen molar-refractivity contribution in [3.8, 4) is 0 Å². The zero-order valence-corrected chi connectivity index (χ0v) is 12.4. The van der Waals surface area contributed by atoms with Gasteiger partial charge in [-0.15, -0.1) is 11.8 Å². The molecule has 2 aliphatic heterocycles. The highest BCUT2D eigenvalue weighted by Crippen LogP contribution is 2.23. The van der Waals surface area contributed by atoms with Crippen molar-refractivity contribution in [1.29, 1.82) is 0 Å². The van der Waals surface area contributed by atoms with Gasteiger partial charge in [-0.25, -0.2) is 0 Å². The van der Waals surface area contributed by atoms with E-state index in [4.69, 9.17) is 0 Å². The zero-order valence-electron chi connectivity index (χ0n) is 11.6. The van der Waals surface area contributed by atoms with E-state index >= 15 is 0 Å². The summed E-state index contributed by atoms with van der Waals surface area (Å²) in [5.74, 6) is 1.68. The normalized spacial score (nSPS) is 24.4. The molecule has 5 nitrogen and oxygen atoms in total. The second-order valence-corrected chi connectivity index (χ2v) is 6.06. The Morgan fingerprint density at radius 2 is 2.16 bits per heavy atom. The molecule has 0 aromatic carbocycles. The fourth-order valence-corrected chi connectivity index (χ4v) is 3.70. The van der Waals surface area contributed by atoms with Crippen LogP contribution in [-0.4, -0.2) is 65.5 Å². The lowest BCUT2D eigenvalue weighted by molar-refractivity contribution is -0.143. The fraction of sp³-hybridized carbons (Fsp3) is 0.846. The van der Waals surface area contributed by atoms with Gasteiger partial charge in [0.2, 0.25) is 11.8 Å². The highest BCUT2D eigenvalue weighted by molar-refractivity contribution is 7.99. The van der Waals surface area contributed by atoms with E-state index in [2.05, 4.69) is 5.32 Å². The van der Waals surface area contributed by atoms with Crippen LogP contribution in [0.2, 0.25) is 0 Å². The lowest BCUT2D eigenvalue weighted by Crippen LogP contribution is -2.49. The SMILES string of the molecule is CCCC(=O)N1CSCC1C(=O)N1CCCNCC1. The van der Waals surface area contributed by atoms with Gasteiger partial charge >= 0.3 is 0 Å². The molecule has 2 heterocycles. The predicted octanol–water partition coefficient (Wildman–Crippen LogP) is 0.510. The maximum absolute atomic E-state index is 12.6. The summed E-state index contributed by atoms with van der Waals surface area (Å²) in [6, 6.07) is -0.234. The molecule has 108 valence electrons. The first-order valence-corrected chi connectivity index (χ1v) is 8.26. The minimum absolute atomic E-state index is 0.124. The van der Waals surface area contributed by atoms with Crippen molar-refractivity contribution in [1.82, 2.24) is 15.1 Å². The summed E-state index contributed by atoms with van der Waals surface area (Å²) in [6.07, 6.45) is 2.38.